The average molecular weight is 282 g/mol. The number of methoxy groups -OCH3 is 1. The molecule has 7 heteroatoms. The summed E-state index contributed by atoms with van der Waals surface area (Å²) in [6, 6.07) is 4.23. The van der Waals surface area contributed by atoms with E-state index in [2.05, 4.69) is 0 Å². The Kier molecular flexibility index (Phi) is 4.54. The molecular weight excluding hydrogens is 264 g/mol. The van der Waals surface area contributed by atoms with Gasteiger partial charge in [0, 0.05) is 23.4 Å². The first kappa shape index (κ1) is 15.7. The van der Waals surface area contributed by atoms with Gasteiger partial charge < -0.3 is 14.7 Å². The van der Waals surface area contributed by atoms with Crippen molar-refractivity contribution in [2.75, 3.05) is 18.6 Å². The van der Waals surface area contributed by atoms with Crippen LogP contribution in [0.4, 0.5) is 11.4 Å². The highest BCUT2D eigenvalue weighted by Gasteiger charge is 2.26. The number of carboxylic acids is 1. The molecule has 1 rings (SSSR count). The van der Waals surface area contributed by atoms with Gasteiger partial charge in [-0.05, 0) is 20.8 Å². The molecule has 1 aromatic carbocycles. The third kappa shape index (κ3) is 3.84. The van der Waals surface area contributed by atoms with E-state index < -0.39 is 16.4 Å². The monoisotopic (exact) mass is 282 g/mol. The summed E-state index contributed by atoms with van der Waals surface area (Å²) < 4.78 is 5.03. The maximum atomic E-state index is 11.0. The van der Waals surface area contributed by atoms with Crippen molar-refractivity contribution in [3.63, 3.8) is 0 Å². The lowest BCUT2D eigenvalue weighted by Crippen LogP contribution is -2.44. The topological polar surface area (TPSA) is 92.9 Å². The van der Waals surface area contributed by atoms with Gasteiger partial charge in [-0.15, -0.1) is 0 Å². The maximum absolute atomic E-state index is 11.0. The molecule has 0 unspecified atom stereocenters. The number of aliphatic carboxylic acids is 1. The van der Waals surface area contributed by atoms with Crippen LogP contribution in [0, 0.1) is 10.1 Å². The van der Waals surface area contributed by atoms with Crippen LogP contribution >= 0.6 is 0 Å². The molecule has 0 bridgehead atoms. The first-order valence-corrected chi connectivity index (χ1v) is 5.98. The van der Waals surface area contributed by atoms with Gasteiger partial charge in [0.25, 0.3) is 5.69 Å². The van der Waals surface area contributed by atoms with Crippen LogP contribution in [-0.2, 0) is 4.79 Å². The summed E-state index contributed by atoms with van der Waals surface area (Å²) in [5.74, 6) is -0.695. The fourth-order valence-corrected chi connectivity index (χ4v) is 1.80. The second-order valence-corrected chi connectivity index (χ2v) is 5.30. The smallest absolute Gasteiger partial charge is 0.323 e. The van der Waals surface area contributed by atoms with Crippen LogP contribution in [0.2, 0.25) is 0 Å². The van der Waals surface area contributed by atoms with Crippen molar-refractivity contribution in [3.05, 3.63) is 28.3 Å². The number of nitro benzene ring substituents is 1. The molecule has 1 aromatic rings. The predicted octanol–water partition coefficient (Wildman–Crippen LogP) is 2.29. The second kappa shape index (κ2) is 5.77. The van der Waals surface area contributed by atoms with Crippen molar-refractivity contribution in [1.82, 2.24) is 0 Å². The van der Waals surface area contributed by atoms with E-state index in [0.29, 0.717) is 11.4 Å². The number of carboxylic acid groups (broad SMARTS) is 1. The summed E-state index contributed by atoms with van der Waals surface area (Å²) in [6.07, 6.45) is 0. The summed E-state index contributed by atoms with van der Waals surface area (Å²) in [5.41, 5.74) is -0.205. The Morgan fingerprint density at radius 3 is 2.40 bits per heavy atom. The Morgan fingerprint density at radius 2 is 2.00 bits per heavy atom. The zero-order chi connectivity index (χ0) is 15.5. The summed E-state index contributed by atoms with van der Waals surface area (Å²) in [5, 5.41) is 19.9. The van der Waals surface area contributed by atoms with Gasteiger partial charge in [-0.25, -0.2) is 0 Å². The van der Waals surface area contributed by atoms with E-state index in [1.54, 1.807) is 11.0 Å². The number of ether oxygens (including phenoxy) is 1. The van der Waals surface area contributed by atoms with Crippen molar-refractivity contribution in [2.45, 2.75) is 26.3 Å². The molecule has 110 valence electrons. The van der Waals surface area contributed by atoms with Gasteiger partial charge in [0.05, 0.1) is 18.1 Å². The molecule has 0 amide bonds. The average Bonchev–Trinajstić information content (AvgIpc) is 2.33. The van der Waals surface area contributed by atoms with Gasteiger partial charge in [0.1, 0.15) is 12.3 Å². The number of carbonyl (C=O) groups is 1. The Morgan fingerprint density at radius 1 is 1.40 bits per heavy atom. The zero-order valence-electron chi connectivity index (χ0n) is 11.9. The van der Waals surface area contributed by atoms with Crippen LogP contribution in [0.25, 0.3) is 0 Å². The number of nitrogens with zero attached hydrogens (tertiary/aromatic N) is 2. The molecule has 0 aliphatic rings. The molecule has 0 atom stereocenters. The van der Waals surface area contributed by atoms with Crippen LogP contribution in [0.3, 0.4) is 0 Å². The van der Waals surface area contributed by atoms with E-state index >= 15 is 0 Å². The molecule has 1 N–H and O–H groups in total. The van der Waals surface area contributed by atoms with Crippen molar-refractivity contribution in [1.29, 1.82) is 0 Å². The molecule has 0 saturated carbocycles. The lowest BCUT2D eigenvalue weighted by molar-refractivity contribution is -0.384. The van der Waals surface area contributed by atoms with Crippen molar-refractivity contribution < 1.29 is 19.6 Å². The zero-order valence-corrected chi connectivity index (χ0v) is 11.9. The van der Waals surface area contributed by atoms with Crippen molar-refractivity contribution in [3.8, 4) is 5.75 Å². The van der Waals surface area contributed by atoms with Crippen LogP contribution in [0.5, 0.6) is 5.75 Å². The van der Waals surface area contributed by atoms with Gasteiger partial charge in [-0.3, -0.25) is 14.9 Å². The van der Waals surface area contributed by atoms with Crippen LogP contribution in [0.1, 0.15) is 20.8 Å². The number of hydrogen-bond acceptors (Lipinski definition) is 5. The predicted molar refractivity (Wildman–Crippen MR) is 74.4 cm³/mol. The Labute approximate surface area is 116 Å². The molecule has 0 fully saturated rings. The first-order valence-electron chi connectivity index (χ1n) is 5.98. The SMILES string of the molecule is COc1cc(N(CC(=O)O)C(C)(C)C)cc([N+](=O)[O-])c1. The largest absolute Gasteiger partial charge is 0.496 e. The molecule has 0 spiro atoms. The van der Waals surface area contributed by atoms with E-state index in [0.717, 1.165) is 0 Å². The second-order valence-electron chi connectivity index (χ2n) is 5.30. The minimum Gasteiger partial charge on any atom is -0.496 e. The van der Waals surface area contributed by atoms with Crippen LogP contribution in [-0.4, -0.2) is 35.2 Å². The molecule has 0 radical (unpaired) electrons. The molecule has 0 heterocycles. The Bertz CT molecular complexity index is 522. The summed E-state index contributed by atoms with van der Waals surface area (Å²) in [6.45, 7) is 5.25. The first-order chi connectivity index (χ1) is 9.15. The van der Waals surface area contributed by atoms with Crippen LogP contribution in [0.15, 0.2) is 18.2 Å². The fraction of sp³-hybridized carbons (Fsp3) is 0.462. The molecule has 0 aliphatic heterocycles. The summed E-state index contributed by atoms with van der Waals surface area (Å²) in [4.78, 5) is 23.0. The molecule has 7 nitrogen and oxygen atoms in total. The summed E-state index contributed by atoms with van der Waals surface area (Å²) >= 11 is 0. The quantitative estimate of drug-likeness (QED) is 0.658. The Balaban J connectivity index is 3.35. The van der Waals surface area contributed by atoms with Gasteiger partial charge in [0.2, 0.25) is 0 Å². The third-order valence-corrected chi connectivity index (χ3v) is 2.74. The number of benzene rings is 1. The molecule has 0 aliphatic carbocycles. The maximum Gasteiger partial charge on any atom is 0.323 e. The number of hydrogen-bond donors (Lipinski definition) is 1. The van der Waals surface area contributed by atoms with E-state index in [1.807, 2.05) is 20.8 Å². The number of non-ortho nitro benzene ring substituents is 1. The Hall–Kier alpha value is -2.31. The number of anilines is 1. The standard InChI is InChI=1S/C13H18N2O5/c1-13(2,3)14(8-12(16)17)9-5-10(15(18)19)7-11(6-9)20-4/h5-7H,8H2,1-4H3,(H,16,17). The molecular formula is C13H18N2O5. The van der Waals surface area contributed by atoms with Gasteiger partial charge in [-0.2, -0.15) is 0 Å². The summed E-state index contributed by atoms with van der Waals surface area (Å²) in [7, 11) is 1.40. The minimum absolute atomic E-state index is 0.140. The highest BCUT2D eigenvalue weighted by atomic mass is 16.6. The normalized spacial score (nSPS) is 11.0. The van der Waals surface area contributed by atoms with Crippen molar-refractivity contribution >= 4 is 17.3 Å². The minimum atomic E-state index is -1.01. The molecule has 0 saturated heterocycles. The van der Waals surface area contributed by atoms with E-state index in [-0.39, 0.29) is 12.2 Å². The number of nitro groups is 1. The molecule has 20 heavy (non-hydrogen) atoms. The molecule has 0 aromatic heterocycles. The van der Waals surface area contributed by atoms with E-state index in [9.17, 15) is 14.9 Å². The highest BCUT2D eigenvalue weighted by molar-refractivity contribution is 5.75. The number of rotatable bonds is 5. The van der Waals surface area contributed by atoms with Crippen LogP contribution < -0.4 is 9.64 Å². The van der Waals surface area contributed by atoms with Gasteiger partial charge in [-0.1, -0.05) is 0 Å². The van der Waals surface area contributed by atoms with Gasteiger partial charge in [0.15, 0.2) is 0 Å². The van der Waals surface area contributed by atoms with E-state index in [4.69, 9.17) is 9.84 Å². The lowest BCUT2D eigenvalue weighted by Gasteiger charge is -2.36. The van der Waals surface area contributed by atoms with E-state index in [1.165, 1.54) is 19.2 Å². The van der Waals surface area contributed by atoms with Gasteiger partial charge >= 0.3 is 5.97 Å². The fourth-order valence-electron chi connectivity index (χ4n) is 1.80. The lowest BCUT2D eigenvalue weighted by atomic mass is 10.0. The third-order valence-electron chi connectivity index (χ3n) is 2.74. The highest BCUT2D eigenvalue weighted by Crippen LogP contribution is 2.31. The van der Waals surface area contributed by atoms with Crippen molar-refractivity contribution in [2.24, 2.45) is 0 Å².